The van der Waals surface area contributed by atoms with Gasteiger partial charge < -0.3 is 10.1 Å². The van der Waals surface area contributed by atoms with E-state index >= 15 is 0 Å². The number of hydrogen-bond acceptors (Lipinski definition) is 4. The smallest absolute Gasteiger partial charge is 0.229 e. The second kappa shape index (κ2) is 7.56. The summed E-state index contributed by atoms with van der Waals surface area (Å²) in [6, 6.07) is 7.08. The van der Waals surface area contributed by atoms with Crippen LogP contribution in [0.15, 0.2) is 24.3 Å². The molecular formula is C19H28N2O4S. The molecule has 1 aromatic rings. The van der Waals surface area contributed by atoms with Crippen molar-refractivity contribution in [3.63, 3.8) is 0 Å². The van der Waals surface area contributed by atoms with Crippen molar-refractivity contribution in [2.24, 2.45) is 11.8 Å². The number of fused-ring (bicyclic) bond motifs is 3. The van der Waals surface area contributed by atoms with E-state index in [1.807, 2.05) is 38.1 Å². The molecule has 7 heteroatoms. The minimum absolute atomic E-state index is 0.0852. The summed E-state index contributed by atoms with van der Waals surface area (Å²) in [4.78, 5) is 12.8. The highest BCUT2D eigenvalue weighted by atomic mass is 32.2. The second-order valence-electron chi connectivity index (χ2n) is 7.50. The van der Waals surface area contributed by atoms with Gasteiger partial charge in [0.25, 0.3) is 0 Å². The zero-order chi connectivity index (χ0) is 18.9. The van der Waals surface area contributed by atoms with Crippen LogP contribution in [0.25, 0.3) is 0 Å². The summed E-state index contributed by atoms with van der Waals surface area (Å²) in [5, 5.41) is 2.95. The lowest BCUT2D eigenvalue weighted by Gasteiger charge is -2.48. The first-order valence-corrected chi connectivity index (χ1v) is 11.0. The van der Waals surface area contributed by atoms with Crippen molar-refractivity contribution in [3.05, 3.63) is 24.3 Å². The van der Waals surface area contributed by atoms with Crippen LogP contribution in [0, 0.1) is 11.8 Å². The molecule has 2 aliphatic heterocycles. The van der Waals surface area contributed by atoms with Gasteiger partial charge in [-0.15, -0.1) is 0 Å². The quantitative estimate of drug-likeness (QED) is 0.823. The topological polar surface area (TPSA) is 75.7 Å². The highest BCUT2D eigenvalue weighted by Crippen LogP contribution is 2.41. The number of piperidine rings is 2. The van der Waals surface area contributed by atoms with Crippen molar-refractivity contribution in [1.82, 2.24) is 4.31 Å². The number of hydrogen-bond donors (Lipinski definition) is 1. The minimum atomic E-state index is -3.27. The third kappa shape index (κ3) is 4.04. The normalized spacial score (nSPS) is 26.1. The Hall–Kier alpha value is -1.60. The molecule has 0 spiro atoms. The Kier molecular flexibility index (Phi) is 5.58. The molecule has 1 aliphatic carbocycles. The molecule has 3 atom stereocenters. The van der Waals surface area contributed by atoms with Gasteiger partial charge in [-0.3, -0.25) is 4.79 Å². The molecule has 1 aromatic carbocycles. The predicted molar refractivity (Wildman–Crippen MR) is 102 cm³/mol. The lowest BCUT2D eigenvalue weighted by molar-refractivity contribution is -0.125. The maximum atomic E-state index is 12.8. The van der Waals surface area contributed by atoms with Crippen LogP contribution >= 0.6 is 0 Å². The van der Waals surface area contributed by atoms with Gasteiger partial charge in [-0.2, -0.15) is 4.31 Å². The number of sulfonamides is 1. The van der Waals surface area contributed by atoms with E-state index in [-0.39, 0.29) is 35.6 Å². The maximum Gasteiger partial charge on any atom is 0.229 e. The SMILES string of the molecule is CCS(=O)(=O)N1CC2CCC1C(C(=O)Nc1ccc(OC(C)C)cc1)C2. The Bertz CT molecular complexity index is 745. The first kappa shape index (κ1) is 19.2. The van der Waals surface area contributed by atoms with E-state index in [2.05, 4.69) is 5.32 Å². The van der Waals surface area contributed by atoms with E-state index < -0.39 is 10.0 Å². The zero-order valence-corrected chi connectivity index (χ0v) is 16.5. The molecule has 3 unspecified atom stereocenters. The van der Waals surface area contributed by atoms with Gasteiger partial charge in [-0.1, -0.05) is 0 Å². The van der Waals surface area contributed by atoms with Crippen molar-refractivity contribution >= 4 is 21.6 Å². The number of benzene rings is 1. The van der Waals surface area contributed by atoms with Crippen LogP contribution in [0.1, 0.15) is 40.0 Å². The number of amides is 1. The highest BCUT2D eigenvalue weighted by molar-refractivity contribution is 7.89. The summed E-state index contributed by atoms with van der Waals surface area (Å²) in [5.41, 5.74) is 0.706. The summed E-state index contributed by atoms with van der Waals surface area (Å²) in [5.74, 6) is 0.750. The molecule has 3 fully saturated rings. The van der Waals surface area contributed by atoms with E-state index in [0.29, 0.717) is 12.2 Å². The lowest BCUT2D eigenvalue weighted by atomic mass is 9.73. The fourth-order valence-corrected chi connectivity index (χ4v) is 5.47. The molecular weight excluding hydrogens is 352 g/mol. The van der Waals surface area contributed by atoms with Crippen molar-refractivity contribution in [1.29, 1.82) is 0 Å². The average molecular weight is 381 g/mol. The highest BCUT2D eigenvalue weighted by Gasteiger charge is 2.47. The number of nitrogens with zero attached hydrogens (tertiary/aromatic N) is 1. The number of nitrogens with one attached hydrogen (secondary N) is 1. The Balaban J connectivity index is 1.69. The molecule has 144 valence electrons. The number of carbonyl (C=O) groups excluding carboxylic acids is 1. The van der Waals surface area contributed by atoms with Crippen LogP contribution < -0.4 is 10.1 Å². The van der Waals surface area contributed by atoms with Crippen LogP contribution in [0.4, 0.5) is 5.69 Å². The summed E-state index contributed by atoms with van der Waals surface area (Å²) < 4.78 is 31.9. The monoisotopic (exact) mass is 380 g/mol. The molecule has 6 nitrogen and oxygen atoms in total. The van der Waals surface area contributed by atoms with Gasteiger partial charge in [0.05, 0.1) is 17.8 Å². The number of rotatable bonds is 6. The van der Waals surface area contributed by atoms with Crippen molar-refractivity contribution in [3.8, 4) is 5.75 Å². The predicted octanol–water partition coefficient (Wildman–Crippen LogP) is 2.86. The van der Waals surface area contributed by atoms with Gasteiger partial charge in [0.2, 0.25) is 15.9 Å². The molecule has 4 rings (SSSR count). The Morgan fingerprint density at radius 3 is 2.54 bits per heavy atom. The van der Waals surface area contributed by atoms with E-state index in [4.69, 9.17) is 4.74 Å². The molecule has 2 bridgehead atoms. The summed E-state index contributed by atoms with van der Waals surface area (Å²) in [6.07, 6.45) is 2.63. The Labute approximate surface area is 156 Å². The maximum absolute atomic E-state index is 12.8. The largest absolute Gasteiger partial charge is 0.491 e. The van der Waals surface area contributed by atoms with Crippen LogP contribution in [-0.4, -0.2) is 43.1 Å². The molecule has 0 aromatic heterocycles. The van der Waals surface area contributed by atoms with E-state index in [0.717, 1.165) is 25.0 Å². The van der Waals surface area contributed by atoms with E-state index in [9.17, 15) is 13.2 Å². The summed E-state index contributed by atoms with van der Waals surface area (Å²) >= 11 is 0. The van der Waals surface area contributed by atoms with Crippen LogP contribution in [0.5, 0.6) is 5.75 Å². The molecule has 3 aliphatic rings. The standard InChI is InChI=1S/C19H28N2O4S/c1-4-26(23,24)21-12-14-5-10-18(21)17(11-14)19(22)20-15-6-8-16(9-7-15)25-13(2)3/h6-9,13-14,17-18H,4-5,10-12H2,1-3H3,(H,20,22). The average Bonchev–Trinajstić information content (AvgIpc) is 2.63. The molecule has 1 amide bonds. The Morgan fingerprint density at radius 2 is 1.96 bits per heavy atom. The van der Waals surface area contributed by atoms with Crippen molar-refractivity contribution in [2.75, 3.05) is 17.6 Å². The minimum Gasteiger partial charge on any atom is -0.491 e. The van der Waals surface area contributed by atoms with Crippen molar-refractivity contribution < 1.29 is 17.9 Å². The first-order chi connectivity index (χ1) is 12.3. The van der Waals surface area contributed by atoms with Gasteiger partial charge in [-0.25, -0.2) is 8.42 Å². The first-order valence-electron chi connectivity index (χ1n) is 9.37. The molecule has 1 N–H and O–H groups in total. The third-order valence-corrected chi connectivity index (χ3v) is 7.15. The van der Waals surface area contributed by atoms with Gasteiger partial charge in [0.15, 0.2) is 0 Å². The van der Waals surface area contributed by atoms with E-state index in [1.54, 1.807) is 11.2 Å². The molecule has 2 saturated heterocycles. The number of carbonyl (C=O) groups is 1. The second-order valence-corrected chi connectivity index (χ2v) is 9.71. The molecule has 1 saturated carbocycles. The van der Waals surface area contributed by atoms with Crippen LogP contribution in [0.3, 0.4) is 0 Å². The molecule has 2 heterocycles. The van der Waals surface area contributed by atoms with E-state index in [1.165, 1.54) is 0 Å². The fourth-order valence-electron chi connectivity index (χ4n) is 4.03. The van der Waals surface area contributed by atoms with Gasteiger partial charge >= 0.3 is 0 Å². The molecule has 0 radical (unpaired) electrons. The van der Waals surface area contributed by atoms with Crippen molar-refractivity contribution in [2.45, 2.75) is 52.2 Å². The van der Waals surface area contributed by atoms with Gasteiger partial charge in [-0.05, 0) is 70.2 Å². The van der Waals surface area contributed by atoms with Crippen LogP contribution in [0.2, 0.25) is 0 Å². The number of ether oxygens (including phenoxy) is 1. The lowest BCUT2D eigenvalue weighted by Crippen LogP contribution is -2.58. The van der Waals surface area contributed by atoms with Gasteiger partial charge in [0, 0.05) is 18.3 Å². The summed E-state index contributed by atoms with van der Waals surface area (Å²) in [6.45, 7) is 6.15. The number of anilines is 1. The molecule has 26 heavy (non-hydrogen) atoms. The van der Waals surface area contributed by atoms with Crippen LogP contribution in [-0.2, 0) is 14.8 Å². The Morgan fingerprint density at radius 1 is 1.27 bits per heavy atom. The third-order valence-electron chi connectivity index (χ3n) is 5.28. The van der Waals surface area contributed by atoms with Gasteiger partial charge in [0.1, 0.15) is 5.75 Å². The zero-order valence-electron chi connectivity index (χ0n) is 15.6. The summed E-state index contributed by atoms with van der Waals surface area (Å²) in [7, 11) is -3.27. The fraction of sp³-hybridized carbons (Fsp3) is 0.632.